The van der Waals surface area contributed by atoms with Crippen LogP contribution in [0.5, 0.6) is 0 Å². The lowest BCUT2D eigenvalue weighted by atomic mass is 10.2. The molecule has 0 radical (unpaired) electrons. The first-order chi connectivity index (χ1) is 7.06. The number of aliphatic hydroxyl groups excluding tert-OH is 1. The molecule has 1 unspecified atom stereocenters. The van der Waals surface area contributed by atoms with E-state index in [-0.39, 0.29) is 17.5 Å². The van der Waals surface area contributed by atoms with E-state index >= 15 is 0 Å². The van der Waals surface area contributed by atoms with Gasteiger partial charge >= 0.3 is 0 Å². The van der Waals surface area contributed by atoms with Gasteiger partial charge in [-0.1, -0.05) is 0 Å². The molecular weight excluding hydrogens is 216 g/mol. The van der Waals surface area contributed by atoms with Crippen LogP contribution in [0.1, 0.15) is 19.8 Å². The average molecular weight is 232 g/mol. The fourth-order valence-corrected chi connectivity index (χ4v) is 2.52. The van der Waals surface area contributed by atoms with E-state index in [1.54, 1.807) is 13.1 Å². The molecule has 0 fully saturated rings. The van der Waals surface area contributed by atoms with Crippen LogP contribution >= 0.6 is 0 Å². The monoisotopic (exact) mass is 232 g/mol. The van der Waals surface area contributed by atoms with Crippen molar-refractivity contribution in [2.24, 2.45) is 0 Å². The van der Waals surface area contributed by atoms with Crippen molar-refractivity contribution in [2.45, 2.75) is 30.7 Å². The second kappa shape index (κ2) is 5.29. The maximum absolute atomic E-state index is 11.7. The number of hydrogen-bond donors (Lipinski definition) is 3. The van der Waals surface area contributed by atoms with Crippen molar-refractivity contribution in [3.8, 4) is 0 Å². The number of sulfonamides is 1. The Bertz CT molecular complexity index is 372. The lowest BCUT2D eigenvalue weighted by Gasteiger charge is -2.12. The highest BCUT2D eigenvalue weighted by Crippen LogP contribution is 2.08. The first kappa shape index (κ1) is 12.2. The van der Waals surface area contributed by atoms with E-state index < -0.39 is 10.0 Å². The largest absolute Gasteiger partial charge is 0.396 e. The summed E-state index contributed by atoms with van der Waals surface area (Å²) in [5.41, 5.74) is 0. The number of aromatic nitrogens is 1. The first-order valence-corrected chi connectivity index (χ1v) is 6.30. The summed E-state index contributed by atoms with van der Waals surface area (Å²) in [6, 6.07) is 1.33. The molecule has 0 aliphatic rings. The summed E-state index contributed by atoms with van der Waals surface area (Å²) in [4.78, 5) is 2.93. The minimum Gasteiger partial charge on any atom is -0.396 e. The molecule has 15 heavy (non-hydrogen) atoms. The number of hydrogen-bond acceptors (Lipinski definition) is 3. The van der Waals surface area contributed by atoms with E-state index in [0.717, 1.165) is 0 Å². The second-order valence-corrected chi connectivity index (χ2v) is 5.15. The molecule has 0 saturated heterocycles. The van der Waals surface area contributed by atoms with Gasteiger partial charge in [-0.3, -0.25) is 0 Å². The lowest BCUT2D eigenvalue weighted by Crippen LogP contribution is -2.32. The summed E-state index contributed by atoms with van der Waals surface area (Å²) < 4.78 is 25.9. The maximum Gasteiger partial charge on any atom is 0.242 e. The Labute approximate surface area is 89.6 Å². The van der Waals surface area contributed by atoms with Gasteiger partial charge in [0.05, 0.1) is 4.90 Å². The van der Waals surface area contributed by atoms with Crippen LogP contribution in [0.4, 0.5) is 0 Å². The van der Waals surface area contributed by atoms with Crippen LogP contribution in [-0.2, 0) is 10.0 Å². The van der Waals surface area contributed by atoms with Crippen LogP contribution in [0, 0.1) is 0 Å². The Morgan fingerprint density at radius 2 is 2.33 bits per heavy atom. The highest BCUT2D eigenvalue weighted by Gasteiger charge is 2.16. The number of rotatable bonds is 6. The zero-order valence-corrected chi connectivity index (χ0v) is 9.42. The number of aliphatic hydroxyl groups is 1. The minimum absolute atomic E-state index is 0.0796. The molecule has 1 aromatic rings. The van der Waals surface area contributed by atoms with Gasteiger partial charge in [-0.25, -0.2) is 13.1 Å². The van der Waals surface area contributed by atoms with Crippen LogP contribution in [0.2, 0.25) is 0 Å². The quantitative estimate of drug-likeness (QED) is 0.666. The Morgan fingerprint density at radius 3 is 2.87 bits per heavy atom. The van der Waals surface area contributed by atoms with Gasteiger partial charge in [-0.15, -0.1) is 0 Å². The standard InChI is InChI=1S/C9H16N2O3S/c1-8(3-2-6-12)11-15(13,14)9-4-5-10-7-9/h4-5,7-8,10-12H,2-3,6H2,1H3. The predicted molar refractivity (Wildman–Crippen MR) is 56.9 cm³/mol. The number of nitrogens with one attached hydrogen (secondary N) is 2. The zero-order valence-electron chi connectivity index (χ0n) is 8.60. The molecule has 0 saturated carbocycles. The minimum atomic E-state index is -3.41. The highest BCUT2D eigenvalue weighted by atomic mass is 32.2. The fraction of sp³-hybridized carbons (Fsp3) is 0.556. The van der Waals surface area contributed by atoms with Gasteiger partial charge in [-0.05, 0) is 25.8 Å². The van der Waals surface area contributed by atoms with Crippen molar-refractivity contribution >= 4 is 10.0 Å². The summed E-state index contributed by atoms with van der Waals surface area (Å²) in [6.07, 6.45) is 4.21. The Hall–Kier alpha value is -0.850. The summed E-state index contributed by atoms with van der Waals surface area (Å²) in [5, 5.41) is 8.62. The number of H-pyrrole nitrogens is 1. The van der Waals surface area contributed by atoms with Crippen LogP contribution < -0.4 is 4.72 Å². The van der Waals surface area contributed by atoms with Crippen molar-refractivity contribution in [1.82, 2.24) is 9.71 Å². The molecule has 0 aliphatic carbocycles. The van der Waals surface area contributed by atoms with E-state index in [1.165, 1.54) is 12.3 Å². The molecule has 1 atom stereocenters. The normalized spacial score (nSPS) is 14.0. The molecule has 1 heterocycles. The second-order valence-electron chi connectivity index (χ2n) is 3.43. The van der Waals surface area contributed by atoms with E-state index in [0.29, 0.717) is 12.8 Å². The molecule has 3 N–H and O–H groups in total. The van der Waals surface area contributed by atoms with Crippen LogP contribution in [0.3, 0.4) is 0 Å². The van der Waals surface area contributed by atoms with Gasteiger partial charge in [0.15, 0.2) is 0 Å². The summed E-state index contributed by atoms with van der Waals surface area (Å²) in [5.74, 6) is 0. The Balaban J connectivity index is 2.57. The summed E-state index contributed by atoms with van der Waals surface area (Å²) in [6.45, 7) is 1.86. The molecule has 0 aromatic carbocycles. The van der Waals surface area contributed by atoms with Crippen molar-refractivity contribution in [3.63, 3.8) is 0 Å². The van der Waals surface area contributed by atoms with Crippen LogP contribution in [0.25, 0.3) is 0 Å². The van der Waals surface area contributed by atoms with Crippen molar-refractivity contribution in [1.29, 1.82) is 0 Å². The van der Waals surface area contributed by atoms with Crippen molar-refractivity contribution < 1.29 is 13.5 Å². The van der Waals surface area contributed by atoms with E-state index in [1.807, 2.05) is 0 Å². The third kappa shape index (κ3) is 3.65. The first-order valence-electron chi connectivity index (χ1n) is 4.82. The van der Waals surface area contributed by atoms with Gasteiger partial charge in [-0.2, -0.15) is 0 Å². The molecule has 86 valence electrons. The third-order valence-electron chi connectivity index (χ3n) is 2.03. The predicted octanol–water partition coefficient (Wildman–Crippen LogP) is 0.454. The smallest absolute Gasteiger partial charge is 0.242 e. The van der Waals surface area contributed by atoms with Crippen LogP contribution in [0.15, 0.2) is 23.4 Å². The third-order valence-corrected chi connectivity index (χ3v) is 3.62. The van der Waals surface area contributed by atoms with Gasteiger partial charge in [0.1, 0.15) is 0 Å². The van der Waals surface area contributed by atoms with E-state index in [2.05, 4.69) is 9.71 Å². The summed E-state index contributed by atoms with van der Waals surface area (Å²) in [7, 11) is -3.41. The molecule has 6 heteroatoms. The van der Waals surface area contributed by atoms with Gasteiger partial charge in [0.25, 0.3) is 0 Å². The number of aromatic amines is 1. The summed E-state index contributed by atoms with van der Waals surface area (Å²) >= 11 is 0. The van der Waals surface area contributed by atoms with E-state index in [4.69, 9.17) is 5.11 Å². The Morgan fingerprint density at radius 1 is 1.60 bits per heavy atom. The highest BCUT2D eigenvalue weighted by molar-refractivity contribution is 7.89. The molecule has 1 aromatic heterocycles. The molecule has 5 nitrogen and oxygen atoms in total. The van der Waals surface area contributed by atoms with Gasteiger partial charge < -0.3 is 10.1 Å². The molecule has 0 bridgehead atoms. The SMILES string of the molecule is CC(CCCO)NS(=O)(=O)c1cc[nH]c1. The lowest BCUT2D eigenvalue weighted by molar-refractivity contribution is 0.279. The molecule has 1 rings (SSSR count). The van der Waals surface area contributed by atoms with Crippen LogP contribution in [-0.4, -0.2) is 31.2 Å². The van der Waals surface area contributed by atoms with E-state index in [9.17, 15) is 8.42 Å². The molecule has 0 aliphatic heterocycles. The maximum atomic E-state index is 11.7. The van der Waals surface area contributed by atoms with Crippen molar-refractivity contribution in [3.05, 3.63) is 18.5 Å². The molecule has 0 amide bonds. The molecular formula is C9H16N2O3S. The average Bonchev–Trinajstić information content (AvgIpc) is 2.67. The van der Waals surface area contributed by atoms with Crippen molar-refractivity contribution in [2.75, 3.05) is 6.61 Å². The topological polar surface area (TPSA) is 82.2 Å². The molecule has 0 spiro atoms. The fourth-order valence-electron chi connectivity index (χ4n) is 1.27. The van der Waals surface area contributed by atoms with Gasteiger partial charge in [0, 0.05) is 25.0 Å². The Kier molecular flexibility index (Phi) is 4.31. The van der Waals surface area contributed by atoms with Gasteiger partial charge in [0.2, 0.25) is 10.0 Å². The zero-order chi connectivity index (χ0) is 11.3.